The first-order valence-corrected chi connectivity index (χ1v) is 7.54. The van der Waals surface area contributed by atoms with E-state index in [-0.39, 0.29) is 0 Å². The summed E-state index contributed by atoms with van der Waals surface area (Å²) >= 11 is 0. The Bertz CT molecular complexity index is 239. The van der Waals surface area contributed by atoms with E-state index in [2.05, 4.69) is 18.0 Å². The topological polar surface area (TPSA) is 155 Å². The molecule has 1 heterocycles. The Hall–Kier alpha value is 0.730. The standard InChI is InChI=1S/H7O10P3/c1-11(2,3)9-13(6)8-7-12(4,5)10-13/h4-6,12-13H,(H2,1,2,3). The van der Waals surface area contributed by atoms with E-state index in [9.17, 15) is 4.57 Å². The summed E-state index contributed by atoms with van der Waals surface area (Å²) in [5.41, 5.74) is 0. The molecule has 0 aromatic carbocycles. The van der Waals surface area contributed by atoms with E-state index in [0.717, 1.165) is 0 Å². The zero-order chi connectivity index (χ0) is 10.3. The van der Waals surface area contributed by atoms with Crippen molar-refractivity contribution in [3.05, 3.63) is 0 Å². The number of rotatable bonds is 2. The van der Waals surface area contributed by atoms with Crippen LogP contribution in [0.4, 0.5) is 0 Å². The molecule has 1 aliphatic heterocycles. The molecule has 0 bridgehead atoms. The monoisotopic (exact) mass is 260 g/mol. The van der Waals surface area contributed by atoms with Crippen molar-refractivity contribution in [3.8, 4) is 0 Å². The van der Waals surface area contributed by atoms with Gasteiger partial charge in [-0.2, -0.15) is 0 Å². The molecule has 0 saturated carbocycles. The van der Waals surface area contributed by atoms with E-state index in [0.29, 0.717) is 0 Å². The summed E-state index contributed by atoms with van der Waals surface area (Å²) in [6, 6.07) is 0. The molecule has 0 spiro atoms. The Morgan fingerprint density at radius 2 is 1.69 bits per heavy atom. The van der Waals surface area contributed by atoms with E-state index >= 15 is 0 Å². The third kappa shape index (κ3) is 3.77. The molecule has 0 atom stereocenters. The summed E-state index contributed by atoms with van der Waals surface area (Å²) in [7, 11) is -14.5. The van der Waals surface area contributed by atoms with Gasteiger partial charge in [0.05, 0.1) is 0 Å². The van der Waals surface area contributed by atoms with Gasteiger partial charge in [-0.15, -0.1) is 0 Å². The van der Waals surface area contributed by atoms with Gasteiger partial charge in [0, 0.05) is 0 Å². The van der Waals surface area contributed by atoms with Crippen molar-refractivity contribution in [2.75, 3.05) is 0 Å². The number of phosphoric acid groups is 1. The minimum absolute atomic E-state index is 3.63. The molecule has 0 aromatic rings. The van der Waals surface area contributed by atoms with Crippen molar-refractivity contribution in [3.63, 3.8) is 0 Å². The summed E-state index contributed by atoms with van der Waals surface area (Å²) in [6.07, 6.45) is 0. The van der Waals surface area contributed by atoms with Crippen LogP contribution in [0, 0.1) is 0 Å². The quantitative estimate of drug-likeness (QED) is 0.304. The summed E-state index contributed by atoms with van der Waals surface area (Å²) < 4.78 is 25.1. The van der Waals surface area contributed by atoms with Gasteiger partial charge >= 0.3 is 71.2 Å². The molecule has 10 nitrogen and oxygen atoms in total. The molecular formula is H7O10P3. The van der Waals surface area contributed by atoms with Crippen LogP contribution in [0.15, 0.2) is 0 Å². The predicted octanol–water partition coefficient (Wildman–Crippen LogP) is -1.13. The van der Waals surface area contributed by atoms with Crippen LogP contribution in [-0.2, 0) is 22.5 Å². The van der Waals surface area contributed by atoms with Gasteiger partial charge in [0.2, 0.25) is 0 Å². The molecule has 0 radical (unpaired) electrons. The summed E-state index contributed by atoms with van der Waals surface area (Å²) in [5, 5.41) is 0. The van der Waals surface area contributed by atoms with Crippen molar-refractivity contribution in [2.24, 2.45) is 0 Å². The van der Waals surface area contributed by atoms with Gasteiger partial charge in [0.1, 0.15) is 0 Å². The van der Waals surface area contributed by atoms with Crippen molar-refractivity contribution >= 4 is 24.2 Å². The first-order valence-electron chi connectivity index (χ1n) is 2.62. The molecule has 0 aromatic heterocycles. The average Bonchev–Trinajstić information content (AvgIpc) is 2.00. The Kier molecular flexibility index (Phi) is 3.08. The van der Waals surface area contributed by atoms with Gasteiger partial charge in [-0.05, 0) is 0 Å². The van der Waals surface area contributed by atoms with Crippen molar-refractivity contribution in [2.45, 2.75) is 0 Å². The van der Waals surface area contributed by atoms with Gasteiger partial charge in [0.15, 0.2) is 0 Å². The Morgan fingerprint density at radius 1 is 1.15 bits per heavy atom. The third-order valence-electron chi connectivity index (χ3n) is 0.752. The number of hydrogen-bond acceptors (Lipinski definition) is 8. The van der Waals surface area contributed by atoms with Gasteiger partial charge in [-0.25, -0.2) is 0 Å². The van der Waals surface area contributed by atoms with Crippen LogP contribution in [0.25, 0.3) is 0 Å². The number of hydrogen-bond donors (Lipinski definition) is 5. The van der Waals surface area contributed by atoms with Gasteiger partial charge in [-0.1, -0.05) is 0 Å². The molecule has 0 amide bonds. The van der Waals surface area contributed by atoms with E-state index in [4.69, 9.17) is 24.5 Å². The van der Waals surface area contributed by atoms with Gasteiger partial charge < -0.3 is 0 Å². The molecule has 82 valence electrons. The molecule has 5 N–H and O–H groups in total. The molecule has 1 fully saturated rings. The van der Waals surface area contributed by atoms with Gasteiger partial charge in [0.25, 0.3) is 0 Å². The Labute approximate surface area is 72.1 Å². The van der Waals surface area contributed by atoms with Crippen LogP contribution in [0.2, 0.25) is 0 Å². The van der Waals surface area contributed by atoms with Crippen LogP contribution in [-0.4, -0.2) is 24.5 Å². The zero-order valence-corrected chi connectivity index (χ0v) is 8.62. The minimum atomic E-state index is -5.05. The van der Waals surface area contributed by atoms with Crippen LogP contribution < -0.4 is 0 Å². The molecular weight excluding hydrogens is 253 g/mol. The van der Waals surface area contributed by atoms with Crippen LogP contribution in [0.3, 0.4) is 0 Å². The van der Waals surface area contributed by atoms with E-state index in [1.807, 2.05) is 0 Å². The van der Waals surface area contributed by atoms with Crippen LogP contribution in [0.5, 0.6) is 0 Å². The van der Waals surface area contributed by atoms with Gasteiger partial charge in [-0.3, -0.25) is 0 Å². The van der Waals surface area contributed by atoms with Crippen LogP contribution in [0.1, 0.15) is 0 Å². The molecule has 1 rings (SSSR count). The first-order chi connectivity index (χ1) is 5.62. The SMILES string of the molecule is O=P(O)(O)O[PH]1(O)OO[PH](O)(O)O1. The molecule has 1 saturated heterocycles. The average molecular weight is 260 g/mol. The molecule has 0 unspecified atom stereocenters. The van der Waals surface area contributed by atoms with E-state index in [1.165, 1.54) is 0 Å². The van der Waals surface area contributed by atoms with E-state index < -0.39 is 24.2 Å². The summed E-state index contributed by atoms with van der Waals surface area (Å²) in [6.45, 7) is 0. The summed E-state index contributed by atoms with van der Waals surface area (Å²) in [5.74, 6) is 0. The van der Waals surface area contributed by atoms with Crippen molar-refractivity contribution < 1.29 is 47.0 Å². The predicted molar refractivity (Wildman–Crippen MR) is 39.7 cm³/mol. The fourth-order valence-electron chi connectivity index (χ4n) is 0.493. The van der Waals surface area contributed by atoms with Crippen molar-refractivity contribution in [1.29, 1.82) is 0 Å². The molecule has 0 aliphatic carbocycles. The Balaban J connectivity index is 2.66. The maximum atomic E-state index is 10.2. The first kappa shape index (κ1) is 11.8. The second-order valence-electron chi connectivity index (χ2n) is 1.92. The third-order valence-corrected chi connectivity index (χ3v) is 5.48. The summed E-state index contributed by atoms with van der Waals surface area (Å²) in [4.78, 5) is 42.5. The van der Waals surface area contributed by atoms with E-state index in [1.54, 1.807) is 0 Å². The Morgan fingerprint density at radius 3 is 2.00 bits per heavy atom. The molecule has 13 heteroatoms. The van der Waals surface area contributed by atoms with Crippen LogP contribution >= 0.6 is 24.2 Å². The molecule has 13 heavy (non-hydrogen) atoms. The normalized spacial score (nSPS) is 31.2. The fraction of sp³-hybridized carbons (Fsp3) is 0. The molecule has 1 aliphatic rings. The fourth-order valence-corrected chi connectivity index (χ4v) is 4.77. The second-order valence-corrected chi connectivity index (χ2v) is 6.93. The van der Waals surface area contributed by atoms with Crippen molar-refractivity contribution in [1.82, 2.24) is 0 Å². The maximum absolute atomic E-state index is 10.2. The zero-order valence-electron chi connectivity index (χ0n) is 5.72. The second kappa shape index (κ2) is 3.39.